The van der Waals surface area contributed by atoms with Gasteiger partial charge < -0.3 is 24.4 Å². The summed E-state index contributed by atoms with van der Waals surface area (Å²) >= 11 is 0. The zero-order valence-electron chi connectivity index (χ0n) is 19.9. The molecule has 8 heteroatoms. The highest BCUT2D eigenvalue weighted by atomic mass is 16.5. The number of nitrogens with zero attached hydrogens (tertiary/aromatic N) is 1. The van der Waals surface area contributed by atoms with E-state index in [4.69, 9.17) is 14.2 Å². The number of esters is 1. The van der Waals surface area contributed by atoms with Crippen LogP contribution >= 0.6 is 0 Å². The molecule has 3 rings (SSSR count). The first-order chi connectivity index (χ1) is 16.9. The zero-order chi connectivity index (χ0) is 25.2. The van der Waals surface area contributed by atoms with Crippen LogP contribution in [0.4, 0.5) is 5.69 Å². The fourth-order valence-electron chi connectivity index (χ4n) is 3.11. The van der Waals surface area contributed by atoms with Gasteiger partial charge in [-0.1, -0.05) is 48.0 Å². The molecular formula is C27H28N2O6. The summed E-state index contributed by atoms with van der Waals surface area (Å²) in [7, 11) is 2.94. The van der Waals surface area contributed by atoms with Gasteiger partial charge in [-0.05, 0) is 42.8 Å². The van der Waals surface area contributed by atoms with Crippen molar-refractivity contribution in [1.82, 2.24) is 4.90 Å². The number of likely N-dealkylation sites (N-methyl/N-ethyl adjacent to an activating group) is 1. The van der Waals surface area contributed by atoms with E-state index in [2.05, 4.69) is 5.32 Å². The maximum atomic E-state index is 12.5. The van der Waals surface area contributed by atoms with Crippen molar-refractivity contribution in [1.29, 1.82) is 0 Å². The van der Waals surface area contributed by atoms with Crippen molar-refractivity contribution in [2.75, 3.05) is 32.6 Å². The molecule has 0 fully saturated rings. The van der Waals surface area contributed by atoms with E-state index >= 15 is 0 Å². The van der Waals surface area contributed by atoms with Crippen LogP contribution in [0.25, 0.3) is 0 Å². The second kappa shape index (κ2) is 12.2. The summed E-state index contributed by atoms with van der Waals surface area (Å²) in [5.74, 6) is -0.710. The molecule has 0 aliphatic heterocycles. The number of aryl methyl sites for hydroxylation is 1. The van der Waals surface area contributed by atoms with Crippen molar-refractivity contribution in [3.05, 3.63) is 89.5 Å². The maximum Gasteiger partial charge on any atom is 0.338 e. The molecule has 0 radical (unpaired) electrons. The van der Waals surface area contributed by atoms with Crippen molar-refractivity contribution in [2.45, 2.75) is 13.5 Å². The second-order valence-corrected chi connectivity index (χ2v) is 7.88. The van der Waals surface area contributed by atoms with Gasteiger partial charge in [0.2, 0.25) is 5.91 Å². The summed E-state index contributed by atoms with van der Waals surface area (Å²) in [4.78, 5) is 38.2. The first kappa shape index (κ1) is 25.3. The minimum absolute atomic E-state index is 0.175. The van der Waals surface area contributed by atoms with Crippen LogP contribution in [0, 0.1) is 6.92 Å². The lowest BCUT2D eigenvalue weighted by molar-refractivity contribution is -0.136. The van der Waals surface area contributed by atoms with E-state index in [0.717, 1.165) is 11.1 Å². The fourth-order valence-corrected chi connectivity index (χ4v) is 3.11. The molecule has 0 spiro atoms. The first-order valence-electron chi connectivity index (χ1n) is 11.0. The minimum atomic E-state index is -0.691. The standard InChI is InChI=1S/C27H28N2O6/c1-19-9-12-22(13-10-19)28-25(30)16-29(2)26(31)18-35-27(32)21-11-14-23(24(15-21)33-3)34-17-20-7-5-4-6-8-20/h4-15H,16-18H2,1-3H3,(H,28,30). The van der Waals surface area contributed by atoms with Crippen molar-refractivity contribution >= 4 is 23.5 Å². The van der Waals surface area contributed by atoms with Gasteiger partial charge in [-0.25, -0.2) is 4.79 Å². The van der Waals surface area contributed by atoms with E-state index in [1.165, 1.54) is 31.2 Å². The third-order valence-corrected chi connectivity index (χ3v) is 5.11. The Hall–Kier alpha value is -4.33. The van der Waals surface area contributed by atoms with Crippen molar-refractivity contribution in [3.8, 4) is 11.5 Å². The van der Waals surface area contributed by atoms with E-state index in [9.17, 15) is 14.4 Å². The Morgan fingerprint density at radius 3 is 2.31 bits per heavy atom. The molecular weight excluding hydrogens is 448 g/mol. The second-order valence-electron chi connectivity index (χ2n) is 7.88. The van der Waals surface area contributed by atoms with Gasteiger partial charge in [-0.2, -0.15) is 0 Å². The lowest BCUT2D eigenvalue weighted by Crippen LogP contribution is -2.37. The molecule has 0 atom stereocenters. The van der Waals surface area contributed by atoms with E-state index in [-0.39, 0.29) is 18.0 Å². The quantitative estimate of drug-likeness (QED) is 0.447. The summed E-state index contributed by atoms with van der Waals surface area (Å²) in [6, 6.07) is 21.6. The summed E-state index contributed by atoms with van der Waals surface area (Å²) in [6.45, 7) is 1.62. The maximum absolute atomic E-state index is 12.5. The van der Waals surface area contributed by atoms with Crippen molar-refractivity contribution < 1.29 is 28.6 Å². The lowest BCUT2D eigenvalue weighted by Gasteiger charge is -2.17. The number of methoxy groups -OCH3 is 1. The Morgan fingerprint density at radius 1 is 0.914 bits per heavy atom. The molecule has 3 aromatic rings. The van der Waals surface area contributed by atoms with Gasteiger partial charge in [-0.3, -0.25) is 9.59 Å². The predicted octanol–water partition coefficient (Wildman–Crippen LogP) is 3.84. The van der Waals surface area contributed by atoms with Crippen molar-refractivity contribution in [3.63, 3.8) is 0 Å². The fraction of sp³-hybridized carbons (Fsp3) is 0.222. The smallest absolute Gasteiger partial charge is 0.338 e. The van der Waals surface area contributed by atoms with E-state index in [0.29, 0.717) is 23.8 Å². The molecule has 0 heterocycles. The lowest BCUT2D eigenvalue weighted by atomic mass is 10.2. The third-order valence-electron chi connectivity index (χ3n) is 5.11. The number of carbonyl (C=O) groups excluding carboxylic acids is 3. The highest BCUT2D eigenvalue weighted by Crippen LogP contribution is 2.29. The molecule has 2 amide bonds. The number of anilines is 1. The number of nitrogens with one attached hydrogen (secondary N) is 1. The Labute approximate surface area is 204 Å². The highest BCUT2D eigenvalue weighted by molar-refractivity contribution is 5.95. The highest BCUT2D eigenvalue weighted by Gasteiger charge is 2.17. The summed E-state index contributed by atoms with van der Waals surface area (Å²) < 4.78 is 16.3. The topological polar surface area (TPSA) is 94.2 Å². The van der Waals surface area contributed by atoms with Gasteiger partial charge in [0.1, 0.15) is 6.61 Å². The number of hydrogen-bond donors (Lipinski definition) is 1. The molecule has 0 saturated heterocycles. The summed E-state index contributed by atoms with van der Waals surface area (Å²) in [5.41, 5.74) is 2.91. The first-order valence-corrected chi connectivity index (χ1v) is 11.0. The average molecular weight is 477 g/mol. The number of hydrogen-bond acceptors (Lipinski definition) is 6. The molecule has 8 nitrogen and oxygen atoms in total. The van der Waals surface area contributed by atoms with Crippen LogP contribution in [0.3, 0.4) is 0 Å². The molecule has 182 valence electrons. The predicted molar refractivity (Wildman–Crippen MR) is 131 cm³/mol. The normalized spacial score (nSPS) is 10.3. The van der Waals surface area contributed by atoms with Crippen molar-refractivity contribution in [2.24, 2.45) is 0 Å². The molecule has 3 aromatic carbocycles. The Balaban J connectivity index is 1.49. The molecule has 0 aliphatic rings. The van der Waals surface area contributed by atoms with Crippen LogP contribution in [0.15, 0.2) is 72.8 Å². The van der Waals surface area contributed by atoms with E-state index in [1.54, 1.807) is 18.2 Å². The Bertz CT molecular complexity index is 1160. The molecule has 0 aromatic heterocycles. The minimum Gasteiger partial charge on any atom is -0.493 e. The van der Waals surface area contributed by atoms with Gasteiger partial charge in [0.15, 0.2) is 18.1 Å². The third kappa shape index (κ3) is 7.60. The van der Waals surface area contributed by atoms with Crippen LogP contribution in [-0.2, 0) is 20.9 Å². The average Bonchev–Trinajstić information content (AvgIpc) is 2.87. The summed E-state index contributed by atoms with van der Waals surface area (Å²) in [5, 5.41) is 2.72. The van der Waals surface area contributed by atoms with Crippen LogP contribution < -0.4 is 14.8 Å². The molecule has 0 unspecified atom stereocenters. The number of amides is 2. The van der Waals surface area contributed by atoms with Gasteiger partial charge in [-0.15, -0.1) is 0 Å². The molecule has 0 bridgehead atoms. The van der Waals surface area contributed by atoms with Gasteiger partial charge in [0, 0.05) is 12.7 Å². The van der Waals surface area contributed by atoms with Gasteiger partial charge in [0.05, 0.1) is 19.2 Å². The molecule has 0 saturated carbocycles. The van der Waals surface area contributed by atoms with Crippen LogP contribution in [0.5, 0.6) is 11.5 Å². The Kier molecular flexibility index (Phi) is 8.83. The SMILES string of the molecule is COc1cc(C(=O)OCC(=O)N(C)CC(=O)Nc2ccc(C)cc2)ccc1OCc1ccccc1. The number of rotatable bonds is 10. The van der Waals surface area contributed by atoms with Crippen LogP contribution in [0.1, 0.15) is 21.5 Å². The number of benzene rings is 3. The molecule has 35 heavy (non-hydrogen) atoms. The summed E-state index contributed by atoms with van der Waals surface area (Å²) in [6.07, 6.45) is 0. The van der Waals surface area contributed by atoms with Gasteiger partial charge in [0.25, 0.3) is 5.91 Å². The molecule has 0 aliphatic carbocycles. The van der Waals surface area contributed by atoms with Crippen LogP contribution in [0.2, 0.25) is 0 Å². The van der Waals surface area contributed by atoms with Gasteiger partial charge >= 0.3 is 5.97 Å². The van der Waals surface area contributed by atoms with Crippen LogP contribution in [-0.4, -0.2) is 50.0 Å². The Morgan fingerprint density at radius 2 is 1.63 bits per heavy atom. The number of carbonyl (C=O) groups is 3. The largest absolute Gasteiger partial charge is 0.493 e. The zero-order valence-corrected chi connectivity index (χ0v) is 19.9. The molecule has 1 N–H and O–H groups in total. The monoisotopic (exact) mass is 476 g/mol. The van der Waals surface area contributed by atoms with E-state index < -0.39 is 18.5 Å². The number of ether oxygens (including phenoxy) is 3. The van der Waals surface area contributed by atoms with E-state index in [1.807, 2.05) is 49.4 Å².